The Bertz CT molecular complexity index is 248. The summed E-state index contributed by atoms with van der Waals surface area (Å²) < 4.78 is 4.97. The smallest absolute Gasteiger partial charge is 0.347 e. The molecule has 0 aliphatic rings. The van der Waals surface area contributed by atoms with Gasteiger partial charge in [-0.05, 0) is 27.2 Å². The second-order valence-electron chi connectivity index (χ2n) is 4.19. The van der Waals surface area contributed by atoms with E-state index in [-0.39, 0.29) is 0 Å². The van der Waals surface area contributed by atoms with Gasteiger partial charge in [-0.15, -0.1) is 0 Å². The molecule has 6 heteroatoms. The Morgan fingerprint density at radius 3 is 2.38 bits per heavy atom. The van der Waals surface area contributed by atoms with Crippen LogP contribution in [-0.4, -0.2) is 30.1 Å². The zero-order valence-electron chi connectivity index (χ0n) is 9.91. The van der Waals surface area contributed by atoms with Crippen LogP contribution in [0, 0.1) is 6.92 Å². The quantitative estimate of drug-likeness (QED) is 0.392. The molecule has 0 aromatic carbocycles. The average Bonchev–Trinajstić information content (AvgIpc) is 2.12. The average molecular weight is 231 g/mol. The first-order valence-corrected chi connectivity index (χ1v) is 4.97. The van der Waals surface area contributed by atoms with Crippen molar-refractivity contribution < 1.29 is 19.2 Å². The zero-order valence-corrected chi connectivity index (χ0v) is 9.91. The molecule has 16 heavy (non-hydrogen) atoms. The van der Waals surface area contributed by atoms with Gasteiger partial charge < -0.3 is 10.1 Å². The van der Waals surface area contributed by atoms with Crippen molar-refractivity contribution in [2.45, 2.75) is 38.9 Å². The monoisotopic (exact) mass is 231 g/mol. The van der Waals surface area contributed by atoms with Gasteiger partial charge in [-0.1, -0.05) is 6.92 Å². The Morgan fingerprint density at radius 1 is 1.44 bits per heavy atom. The molecule has 1 unspecified atom stereocenters. The first-order valence-electron chi connectivity index (χ1n) is 4.97. The number of carbonyl (C=O) groups is 2. The SMILES string of the molecule is [CH2]CCNC(=O)C(ON)C(=O)OC(C)(C)C. The van der Waals surface area contributed by atoms with Crippen molar-refractivity contribution in [1.29, 1.82) is 0 Å². The lowest BCUT2D eigenvalue weighted by molar-refractivity contribution is -0.172. The second-order valence-corrected chi connectivity index (χ2v) is 4.19. The third kappa shape index (κ3) is 5.67. The lowest BCUT2D eigenvalue weighted by Gasteiger charge is -2.22. The van der Waals surface area contributed by atoms with Gasteiger partial charge in [0.15, 0.2) is 0 Å². The summed E-state index contributed by atoms with van der Waals surface area (Å²) in [6.07, 6.45) is -0.928. The summed E-state index contributed by atoms with van der Waals surface area (Å²) >= 11 is 0. The highest BCUT2D eigenvalue weighted by Gasteiger charge is 2.31. The number of hydrogen-bond donors (Lipinski definition) is 2. The van der Waals surface area contributed by atoms with E-state index in [1.807, 2.05) is 0 Å². The van der Waals surface area contributed by atoms with Gasteiger partial charge in [0, 0.05) is 6.54 Å². The molecule has 1 amide bonds. The molecule has 0 rings (SSSR count). The van der Waals surface area contributed by atoms with E-state index in [4.69, 9.17) is 10.6 Å². The van der Waals surface area contributed by atoms with Crippen molar-refractivity contribution in [3.05, 3.63) is 6.92 Å². The summed E-state index contributed by atoms with van der Waals surface area (Å²) in [7, 11) is 0. The number of nitrogens with one attached hydrogen (secondary N) is 1. The molecule has 0 spiro atoms. The number of ether oxygens (including phenoxy) is 1. The van der Waals surface area contributed by atoms with E-state index in [2.05, 4.69) is 17.1 Å². The fourth-order valence-electron chi connectivity index (χ4n) is 0.884. The Labute approximate surface area is 95.4 Å². The first kappa shape index (κ1) is 14.9. The van der Waals surface area contributed by atoms with Crippen LogP contribution in [0.1, 0.15) is 27.2 Å². The molecule has 0 aromatic heterocycles. The fourth-order valence-corrected chi connectivity index (χ4v) is 0.884. The molecule has 0 aliphatic carbocycles. The van der Waals surface area contributed by atoms with E-state index in [9.17, 15) is 9.59 Å². The van der Waals surface area contributed by atoms with Crippen LogP contribution in [0.3, 0.4) is 0 Å². The van der Waals surface area contributed by atoms with E-state index in [1.54, 1.807) is 20.8 Å². The number of carbonyl (C=O) groups excluding carboxylic acids is 2. The molecule has 0 heterocycles. The standard InChI is InChI=1S/C10H19N2O4/c1-5-6-12-8(13)7(16-11)9(14)15-10(2,3)4/h7H,1,5-6,11H2,2-4H3,(H,12,13). The van der Waals surface area contributed by atoms with Crippen LogP contribution < -0.4 is 11.2 Å². The summed E-state index contributed by atoms with van der Waals surface area (Å²) in [5.41, 5.74) is -0.694. The van der Waals surface area contributed by atoms with E-state index >= 15 is 0 Å². The van der Waals surface area contributed by atoms with Crippen molar-refractivity contribution in [1.82, 2.24) is 5.32 Å². The van der Waals surface area contributed by atoms with E-state index in [0.717, 1.165) is 0 Å². The number of rotatable bonds is 5. The minimum Gasteiger partial charge on any atom is -0.458 e. The van der Waals surface area contributed by atoms with Gasteiger partial charge in [-0.3, -0.25) is 9.63 Å². The summed E-state index contributed by atoms with van der Waals surface area (Å²) in [6.45, 7) is 8.95. The Kier molecular flexibility index (Phi) is 5.98. The predicted octanol–water partition coefficient (Wildman–Crippen LogP) is -0.0726. The highest BCUT2D eigenvalue weighted by molar-refractivity contribution is 6.00. The lowest BCUT2D eigenvalue weighted by atomic mass is 10.2. The molecule has 0 bridgehead atoms. The van der Waals surface area contributed by atoms with Crippen LogP contribution in [0.25, 0.3) is 0 Å². The van der Waals surface area contributed by atoms with Crippen molar-refractivity contribution in [3.63, 3.8) is 0 Å². The molecule has 93 valence electrons. The highest BCUT2D eigenvalue weighted by Crippen LogP contribution is 2.09. The fraction of sp³-hybridized carbons (Fsp3) is 0.700. The second kappa shape index (κ2) is 6.44. The number of hydrogen-bond acceptors (Lipinski definition) is 5. The van der Waals surface area contributed by atoms with Crippen molar-refractivity contribution >= 4 is 11.9 Å². The van der Waals surface area contributed by atoms with Crippen LogP contribution in [0.4, 0.5) is 0 Å². The Morgan fingerprint density at radius 2 is 2.00 bits per heavy atom. The third-order valence-electron chi connectivity index (χ3n) is 1.47. The maximum Gasteiger partial charge on any atom is 0.347 e. The summed E-state index contributed by atoms with van der Waals surface area (Å²) in [4.78, 5) is 27.2. The van der Waals surface area contributed by atoms with Gasteiger partial charge >= 0.3 is 5.97 Å². The highest BCUT2D eigenvalue weighted by atomic mass is 16.7. The van der Waals surface area contributed by atoms with E-state index in [1.165, 1.54) is 0 Å². The molecule has 0 aliphatic heterocycles. The topological polar surface area (TPSA) is 90.6 Å². The molecule has 6 nitrogen and oxygen atoms in total. The van der Waals surface area contributed by atoms with Gasteiger partial charge in [-0.25, -0.2) is 10.7 Å². The van der Waals surface area contributed by atoms with E-state index in [0.29, 0.717) is 13.0 Å². The maximum atomic E-state index is 11.5. The normalized spacial score (nSPS) is 13.1. The van der Waals surface area contributed by atoms with Crippen LogP contribution in [0.2, 0.25) is 0 Å². The predicted molar refractivity (Wildman–Crippen MR) is 57.9 cm³/mol. The molecule has 1 atom stereocenters. The molecular weight excluding hydrogens is 212 g/mol. The maximum absolute atomic E-state index is 11.5. The van der Waals surface area contributed by atoms with Crippen LogP contribution in [0.5, 0.6) is 0 Å². The summed E-state index contributed by atoms with van der Waals surface area (Å²) in [5, 5.41) is 2.44. The van der Waals surface area contributed by atoms with Gasteiger partial charge in [0.2, 0.25) is 0 Å². The minimum atomic E-state index is -1.44. The lowest BCUT2D eigenvalue weighted by Crippen LogP contribution is -2.46. The van der Waals surface area contributed by atoms with Crippen molar-refractivity contribution in [3.8, 4) is 0 Å². The van der Waals surface area contributed by atoms with Crippen molar-refractivity contribution in [2.24, 2.45) is 5.90 Å². The minimum absolute atomic E-state index is 0.349. The molecular formula is C10H19N2O4. The number of amides is 1. The Hall–Kier alpha value is -1.14. The van der Waals surface area contributed by atoms with Gasteiger partial charge in [0.25, 0.3) is 12.0 Å². The largest absolute Gasteiger partial charge is 0.458 e. The molecule has 0 fully saturated rings. The molecule has 0 aromatic rings. The van der Waals surface area contributed by atoms with Crippen molar-refractivity contribution in [2.75, 3.05) is 6.54 Å². The number of esters is 1. The summed E-state index contributed by atoms with van der Waals surface area (Å²) in [6, 6.07) is 0. The number of nitrogens with two attached hydrogens (primary N) is 1. The third-order valence-corrected chi connectivity index (χ3v) is 1.47. The molecule has 3 N–H and O–H groups in total. The van der Waals surface area contributed by atoms with Gasteiger partial charge in [0.1, 0.15) is 5.60 Å². The molecule has 0 saturated heterocycles. The first-order chi connectivity index (χ1) is 7.31. The summed E-state index contributed by atoms with van der Waals surface area (Å²) in [5.74, 6) is 3.45. The Balaban J connectivity index is 4.37. The van der Waals surface area contributed by atoms with Crippen LogP contribution in [-0.2, 0) is 19.2 Å². The molecule has 0 saturated carbocycles. The zero-order chi connectivity index (χ0) is 12.8. The van der Waals surface area contributed by atoms with Crippen LogP contribution >= 0.6 is 0 Å². The van der Waals surface area contributed by atoms with Gasteiger partial charge in [0.05, 0.1) is 0 Å². The van der Waals surface area contributed by atoms with Crippen LogP contribution in [0.15, 0.2) is 0 Å². The van der Waals surface area contributed by atoms with E-state index < -0.39 is 23.6 Å². The van der Waals surface area contributed by atoms with Gasteiger partial charge in [-0.2, -0.15) is 0 Å². The molecule has 1 radical (unpaired) electrons.